The van der Waals surface area contributed by atoms with E-state index in [1.807, 2.05) is 0 Å². The molecule has 0 aliphatic carbocycles. The van der Waals surface area contributed by atoms with Crippen LogP contribution < -0.4 is 5.32 Å². The maximum absolute atomic E-state index is 13.6. The second-order valence-electron chi connectivity index (χ2n) is 5.69. The molecule has 3 rings (SSSR count). The van der Waals surface area contributed by atoms with Gasteiger partial charge in [-0.3, -0.25) is 9.80 Å². The molecule has 6 heteroatoms. The number of halogens is 3. The second kappa shape index (κ2) is 7.49. The lowest BCUT2D eigenvalue weighted by Crippen LogP contribution is -2.50. The summed E-state index contributed by atoms with van der Waals surface area (Å²) in [5, 5.41) is 3.39. The van der Waals surface area contributed by atoms with Gasteiger partial charge in [-0.05, 0) is 31.2 Å². The zero-order valence-electron chi connectivity index (χ0n) is 12.0. The van der Waals surface area contributed by atoms with Gasteiger partial charge in [0.05, 0.1) is 0 Å². The molecule has 2 fully saturated rings. The number of hydrogen-bond donors (Lipinski definition) is 1. The van der Waals surface area contributed by atoms with E-state index in [2.05, 4.69) is 15.1 Å². The van der Waals surface area contributed by atoms with E-state index < -0.39 is 0 Å². The topological polar surface area (TPSA) is 18.5 Å². The van der Waals surface area contributed by atoms with Crippen molar-refractivity contribution in [3.63, 3.8) is 0 Å². The minimum absolute atomic E-state index is 0. The summed E-state index contributed by atoms with van der Waals surface area (Å²) in [6.07, 6.45) is 1.22. The predicted molar refractivity (Wildman–Crippen MR) is 81.7 cm³/mol. The molecule has 1 aromatic carbocycles. The fourth-order valence-corrected chi connectivity index (χ4v) is 3.14. The van der Waals surface area contributed by atoms with Gasteiger partial charge >= 0.3 is 0 Å². The van der Waals surface area contributed by atoms with Crippen LogP contribution in [0.25, 0.3) is 0 Å². The summed E-state index contributed by atoms with van der Waals surface area (Å²) in [6, 6.07) is 4.35. The molecule has 1 N–H and O–H groups in total. The number of rotatable bonds is 3. The van der Waals surface area contributed by atoms with Gasteiger partial charge < -0.3 is 5.32 Å². The fourth-order valence-electron chi connectivity index (χ4n) is 3.14. The van der Waals surface area contributed by atoms with Crippen molar-refractivity contribution in [2.24, 2.45) is 0 Å². The molecule has 1 aromatic rings. The van der Waals surface area contributed by atoms with Gasteiger partial charge in [-0.25, -0.2) is 8.78 Å². The molecule has 2 aliphatic heterocycles. The molecule has 0 bridgehead atoms. The third-order valence-electron chi connectivity index (χ3n) is 4.36. The highest BCUT2D eigenvalue weighted by Crippen LogP contribution is 2.16. The Labute approximate surface area is 130 Å². The van der Waals surface area contributed by atoms with Gasteiger partial charge in [0.15, 0.2) is 0 Å². The lowest BCUT2D eigenvalue weighted by Gasteiger charge is -2.37. The minimum atomic E-state index is -0.364. The van der Waals surface area contributed by atoms with E-state index in [-0.39, 0.29) is 24.0 Å². The number of piperazine rings is 1. The molecule has 2 aliphatic rings. The molecule has 0 radical (unpaired) electrons. The molecule has 0 aromatic heterocycles. The smallest absolute Gasteiger partial charge is 0.127 e. The molecule has 21 heavy (non-hydrogen) atoms. The molecule has 118 valence electrons. The number of hydrogen-bond acceptors (Lipinski definition) is 3. The van der Waals surface area contributed by atoms with Crippen molar-refractivity contribution in [2.75, 3.05) is 39.3 Å². The monoisotopic (exact) mass is 317 g/mol. The van der Waals surface area contributed by atoms with Crippen LogP contribution in [0.3, 0.4) is 0 Å². The van der Waals surface area contributed by atoms with Crippen molar-refractivity contribution in [1.82, 2.24) is 15.1 Å². The molecule has 3 nitrogen and oxygen atoms in total. The van der Waals surface area contributed by atoms with E-state index in [0.29, 0.717) is 18.2 Å². The Bertz CT molecular complexity index is 458. The van der Waals surface area contributed by atoms with Gasteiger partial charge in [0, 0.05) is 50.9 Å². The predicted octanol–water partition coefficient (Wildman–Crippen LogP) is 1.87. The lowest BCUT2D eigenvalue weighted by molar-refractivity contribution is 0.0973. The summed E-state index contributed by atoms with van der Waals surface area (Å²) in [7, 11) is 0. The largest absolute Gasteiger partial charge is 0.315 e. The van der Waals surface area contributed by atoms with Crippen LogP contribution in [0.5, 0.6) is 0 Å². The zero-order chi connectivity index (χ0) is 13.9. The van der Waals surface area contributed by atoms with Gasteiger partial charge in [0.1, 0.15) is 11.6 Å². The van der Waals surface area contributed by atoms with Gasteiger partial charge in [-0.15, -0.1) is 12.4 Å². The first-order chi connectivity index (χ1) is 9.72. The van der Waals surface area contributed by atoms with Crippen molar-refractivity contribution in [3.8, 4) is 0 Å². The van der Waals surface area contributed by atoms with E-state index in [9.17, 15) is 8.78 Å². The summed E-state index contributed by atoms with van der Waals surface area (Å²) in [4.78, 5) is 4.72. The Morgan fingerprint density at radius 2 is 1.90 bits per heavy atom. The maximum Gasteiger partial charge on any atom is 0.127 e. The molecule has 0 saturated carbocycles. The van der Waals surface area contributed by atoms with Crippen molar-refractivity contribution < 1.29 is 8.78 Å². The van der Waals surface area contributed by atoms with Crippen LogP contribution >= 0.6 is 12.4 Å². The van der Waals surface area contributed by atoms with Crippen LogP contribution in [0, 0.1) is 11.6 Å². The maximum atomic E-state index is 13.6. The standard InChI is InChI=1S/C15H21F2N3.ClH/c16-13-1-2-15(17)12(9-13)11-19-5-7-20(8-6-19)14-3-4-18-10-14;/h1-2,9,14,18H,3-8,10-11H2;1H. The molecular formula is C15H22ClF2N3. The van der Waals surface area contributed by atoms with Crippen molar-refractivity contribution >= 4 is 12.4 Å². The Morgan fingerprint density at radius 3 is 2.57 bits per heavy atom. The summed E-state index contributed by atoms with van der Waals surface area (Å²) in [5.74, 6) is -0.675. The van der Waals surface area contributed by atoms with Gasteiger partial charge in [-0.2, -0.15) is 0 Å². The van der Waals surface area contributed by atoms with Gasteiger partial charge in [-0.1, -0.05) is 0 Å². The van der Waals surface area contributed by atoms with Crippen molar-refractivity contribution in [2.45, 2.75) is 19.0 Å². The summed E-state index contributed by atoms with van der Waals surface area (Å²) >= 11 is 0. The molecule has 2 heterocycles. The van der Waals surface area contributed by atoms with E-state index >= 15 is 0 Å². The average Bonchev–Trinajstić information content (AvgIpc) is 2.98. The molecular weight excluding hydrogens is 296 g/mol. The van der Waals surface area contributed by atoms with Crippen LogP contribution in [0.4, 0.5) is 8.78 Å². The Hall–Kier alpha value is -0.750. The molecule has 1 unspecified atom stereocenters. The Balaban J connectivity index is 0.00000161. The second-order valence-corrected chi connectivity index (χ2v) is 5.69. The van der Waals surface area contributed by atoms with Crippen LogP contribution in [0.15, 0.2) is 18.2 Å². The summed E-state index contributed by atoms with van der Waals surface area (Å²) in [5.41, 5.74) is 0.459. The highest BCUT2D eigenvalue weighted by atomic mass is 35.5. The minimum Gasteiger partial charge on any atom is -0.315 e. The SMILES string of the molecule is Cl.Fc1ccc(F)c(CN2CCN(C3CCNC3)CC2)c1. The van der Waals surface area contributed by atoms with Gasteiger partial charge in [0.25, 0.3) is 0 Å². The lowest BCUT2D eigenvalue weighted by atomic mass is 10.1. The summed E-state index contributed by atoms with van der Waals surface area (Å²) in [6.45, 7) is 6.57. The average molecular weight is 318 g/mol. The third kappa shape index (κ3) is 4.13. The number of nitrogens with one attached hydrogen (secondary N) is 1. The van der Waals surface area contributed by atoms with E-state index in [1.165, 1.54) is 24.6 Å². The number of benzene rings is 1. The highest BCUT2D eigenvalue weighted by Gasteiger charge is 2.26. The first kappa shape index (κ1) is 16.6. The van der Waals surface area contributed by atoms with E-state index in [0.717, 1.165) is 39.3 Å². The van der Waals surface area contributed by atoms with E-state index in [4.69, 9.17) is 0 Å². The van der Waals surface area contributed by atoms with Crippen molar-refractivity contribution in [1.29, 1.82) is 0 Å². The molecule has 0 amide bonds. The molecule has 2 saturated heterocycles. The van der Waals surface area contributed by atoms with Crippen LogP contribution in [0.2, 0.25) is 0 Å². The normalized spacial score (nSPS) is 24.0. The highest BCUT2D eigenvalue weighted by molar-refractivity contribution is 5.85. The third-order valence-corrected chi connectivity index (χ3v) is 4.36. The first-order valence-electron chi connectivity index (χ1n) is 7.33. The summed E-state index contributed by atoms with van der Waals surface area (Å²) < 4.78 is 26.8. The van der Waals surface area contributed by atoms with Crippen molar-refractivity contribution in [3.05, 3.63) is 35.4 Å². The van der Waals surface area contributed by atoms with Crippen LogP contribution in [-0.4, -0.2) is 55.1 Å². The van der Waals surface area contributed by atoms with Gasteiger partial charge in [0.2, 0.25) is 0 Å². The van der Waals surface area contributed by atoms with Crippen LogP contribution in [0.1, 0.15) is 12.0 Å². The Morgan fingerprint density at radius 1 is 1.14 bits per heavy atom. The molecule has 0 spiro atoms. The first-order valence-corrected chi connectivity index (χ1v) is 7.33. The Kier molecular flexibility index (Phi) is 5.93. The van der Waals surface area contributed by atoms with E-state index in [1.54, 1.807) is 0 Å². The quantitative estimate of drug-likeness (QED) is 0.918. The number of nitrogens with zero attached hydrogens (tertiary/aromatic N) is 2. The molecule has 1 atom stereocenters. The fraction of sp³-hybridized carbons (Fsp3) is 0.600. The van der Waals surface area contributed by atoms with Crippen LogP contribution in [-0.2, 0) is 6.54 Å². The zero-order valence-corrected chi connectivity index (χ0v) is 12.8.